The van der Waals surface area contributed by atoms with E-state index in [9.17, 15) is 4.79 Å². The van der Waals surface area contributed by atoms with E-state index in [1.807, 2.05) is 42.5 Å². The number of rotatable bonds is 9. The number of aliphatic carboxylic acids is 1. The van der Waals surface area contributed by atoms with E-state index in [-0.39, 0.29) is 13.0 Å². The molecule has 28 heavy (non-hydrogen) atoms. The zero-order valence-corrected chi connectivity index (χ0v) is 15.4. The van der Waals surface area contributed by atoms with Gasteiger partial charge in [0.25, 0.3) is 0 Å². The molecule has 0 bridgehead atoms. The van der Waals surface area contributed by atoms with Crippen LogP contribution in [0.3, 0.4) is 0 Å². The largest absolute Gasteiger partial charge is 0.486 e. The summed E-state index contributed by atoms with van der Waals surface area (Å²) in [6.07, 6.45) is 2.18. The number of benzene rings is 2. The minimum atomic E-state index is -0.812. The lowest BCUT2D eigenvalue weighted by Gasteiger charge is -2.05. The van der Waals surface area contributed by atoms with Crippen LogP contribution in [0.5, 0.6) is 5.75 Å². The molecular weight excluding hydrogens is 360 g/mol. The molecule has 0 aliphatic rings. The van der Waals surface area contributed by atoms with Gasteiger partial charge in [0.15, 0.2) is 11.5 Å². The van der Waals surface area contributed by atoms with Crippen LogP contribution in [0.25, 0.3) is 0 Å². The molecule has 7 nitrogen and oxygen atoms in total. The summed E-state index contributed by atoms with van der Waals surface area (Å²) in [5, 5.41) is 12.7. The number of aryl methyl sites for hydroxylation is 1. The number of carboxylic acids is 1. The van der Waals surface area contributed by atoms with Crippen molar-refractivity contribution < 1.29 is 23.9 Å². The normalized spacial score (nSPS) is 11.2. The lowest BCUT2D eigenvalue weighted by molar-refractivity contribution is -0.136. The Morgan fingerprint density at radius 3 is 2.57 bits per heavy atom. The second kappa shape index (κ2) is 9.36. The van der Waals surface area contributed by atoms with Crippen LogP contribution < -0.4 is 4.74 Å². The summed E-state index contributed by atoms with van der Waals surface area (Å²) < 4.78 is 11.5. The van der Waals surface area contributed by atoms with E-state index in [0.717, 1.165) is 11.1 Å². The Morgan fingerprint density at radius 1 is 1.14 bits per heavy atom. The van der Waals surface area contributed by atoms with Gasteiger partial charge in [-0.3, -0.25) is 4.79 Å². The van der Waals surface area contributed by atoms with Crippen molar-refractivity contribution in [3.8, 4) is 5.75 Å². The molecule has 7 heteroatoms. The van der Waals surface area contributed by atoms with E-state index in [1.165, 1.54) is 7.11 Å². The Hall–Kier alpha value is -3.61. The highest BCUT2D eigenvalue weighted by molar-refractivity contribution is 6.09. The molecule has 2 aromatic carbocycles. The minimum absolute atomic E-state index is 0.105. The SMILES string of the molecule is CON=C(c1ccccc1)c1ncc(COc2ccc(CCC(=O)O)cc2)o1. The average Bonchev–Trinajstić information content (AvgIpc) is 3.19. The molecule has 0 radical (unpaired) electrons. The van der Waals surface area contributed by atoms with Crippen molar-refractivity contribution >= 4 is 11.7 Å². The fourth-order valence-corrected chi connectivity index (χ4v) is 2.54. The highest BCUT2D eigenvalue weighted by atomic mass is 16.6. The van der Waals surface area contributed by atoms with Crippen molar-refractivity contribution in [3.05, 3.63) is 83.6 Å². The van der Waals surface area contributed by atoms with Crippen LogP contribution in [0.4, 0.5) is 0 Å². The first-order chi connectivity index (χ1) is 13.7. The second-order valence-corrected chi connectivity index (χ2v) is 5.95. The molecule has 0 saturated heterocycles. The summed E-state index contributed by atoms with van der Waals surface area (Å²) in [6, 6.07) is 16.8. The van der Waals surface area contributed by atoms with Crippen molar-refractivity contribution in [2.24, 2.45) is 5.16 Å². The van der Waals surface area contributed by atoms with Crippen molar-refractivity contribution in [1.29, 1.82) is 0 Å². The van der Waals surface area contributed by atoms with E-state index in [4.69, 9.17) is 19.1 Å². The van der Waals surface area contributed by atoms with Crippen LogP contribution in [0.15, 0.2) is 70.4 Å². The maximum atomic E-state index is 10.6. The number of hydrogen-bond donors (Lipinski definition) is 1. The van der Waals surface area contributed by atoms with E-state index < -0.39 is 5.97 Å². The lowest BCUT2D eigenvalue weighted by Crippen LogP contribution is -2.04. The van der Waals surface area contributed by atoms with Crippen LogP contribution in [0, 0.1) is 0 Å². The number of carboxylic acid groups (broad SMARTS) is 1. The summed E-state index contributed by atoms with van der Waals surface area (Å²) in [5.74, 6) is 0.736. The fraction of sp³-hybridized carbons (Fsp3) is 0.190. The van der Waals surface area contributed by atoms with Gasteiger partial charge in [-0.05, 0) is 24.1 Å². The predicted octanol–water partition coefficient (Wildman–Crippen LogP) is 3.67. The Balaban J connectivity index is 1.63. The maximum Gasteiger partial charge on any atom is 0.303 e. The summed E-state index contributed by atoms with van der Waals surface area (Å²) in [7, 11) is 1.47. The highest BCUT2D eigenvalue weighted by Gasteiger charge is 2.15. The molecule has 0 unspecified atom stereocenters. The van der Waals surface area contributed by atoms with Gasteiger partial charge >= 0.3 is 5.97 Å². The molecule has 0 aliphatic heterocycles. The number of oxazole rings is 1. The van der Waals surface area contributed by atoms with Gasteiger partial charge < -0.3 is 19.1 Å². The topological polar surface area (TPSA) is 94.2 Å². The summed E-state index contributed by atoms with van der Waals surface area (Å²) >= 11 is 0. The summed E-state index contributed by atoms with van der Waals surface area (Å²) in [6.45, 7) is 0.205. The molecule has 0 atom stereocenters. The third-order valence-electron chi connectivity index (χ3n) is 3.92. The Kier molecular flexibility index (Phi) is 6.41. The first-order valence-electron chi connectivity index (χ1n) is 8.71. The van der Waals surface area contributed by atoms with Crippen molar-refractivity contribution in [3.63, 3.8) is 0 Å². The Bertz CT molecular complexity index is 933. The first-order valence-corrected chi connectivity index (χ1v) is 8.71. The first kappa shape index (κ1) is 19.2. The van der Waals surface area contributed by atoms with Crippen LogP contribution in [-0.2, 0) is 22.7 Å². The number of nitrogens with zero attached hydrogens (tertiary/aromatic N) is 2. The molecule has 0 spiro atoms. The summed E-state index contributed by atoms with van der Waals surface area (Å²) in [4.78, 5) is 19.8. The number of aromatic nitrogens is 1. The molecule has 0 aliphatic carbocycles. The van der Waals surface area contributed by atoms with Gasteiger partial charge in [0, 0.05) is 12.0 Å². The second-order valence-electron chi connectivity index (χ2n) is 5.95. The van der Waals surface area contributed by atoms with Gasteiger partial charge in [-0.1, -0.05) is 47.6 Å². The van der Waals surface area contributed by atoms with Crippen LogP contribution in [0.1, 0.15) is 29.2 Å². The fourth-order valence-electron chi connectivity index (χ4n) is 2.54. The highest BCUT2D eigenvalue weighted by Crippen LogP contribution is 2.17. The minimum Gasteiger partial charge on any atom is -0.486 e. The van der Waals surface area contributed by atoms with E-state index in [2.05, 4.69) is 10.1 Å². The van der Waals surface area contributed by atoms with Gasteiger partial charge in [0.1, 0.15) is 19.5 Å². The molecule has 0 saturated carbocycles. The number of ether oxygens (including phenoxy) is 1. The van der Waals surface area contributed by atoms with E-state index >= 15 is 0 Å². The van der Waals surface area contributed by atoms with Crippen LogP contribution in [0.2, 0.25) is 0 Å². The average molecular weight is 380 g/mol. The molecule has 0 fully saturated rings. The summed E-state index contributed by atoms with van der Waals surface area (Å²) in [5.41, 5.74) is 2.27. The van der Waals surface area contributed by atoms with Crippen LogP contribution in [-0.4, -0.2) is 28.9 Å². The molecule has 0 amide bonds. The van der Waals surface area contributed by atoms with Gasteiger partial charge in [-0.2, -0.15) is 0 Å². The van der Waals surface area contributed by atoms with Crippen molar-refractivity contribution in [2.45, 2.75) is 19.4 Å². The molecule has 1 heterocycles. The number of oxime groups is 1. The van der Waals surface area contributed by atoms with E-state index in [1.54, 1.807) is 18.3 Å². The maximum absolute atomic E-state index is 10.6. The molecule has 1 aromatic heterocycles. The molecule has 3 aromatic rings. The van der Waals surface area contributed by atoms with Gasteiger partial charge in [0.2, 0.25) is 5.89 Å². The third-order valence-corrected chi connectivity index (χ3v) is 3.92. The lowest BCUT2D eigenvalue weighted by atomic mass is 10.1. The van der Waals surface area contributed by atoms with Crippen molar-refractivity contribution in [2.75, 3.05) is 7.11 Å². The standard InChI is InChI=1S/C21H20N2O5/c1-26-23-20(16-5-3-2-4-6-16)21-22-13-18(28-21)14-27-17-10-7-15(8-11-17)9-12-19(24)25/h2-8,10-11,13H,9,12,14H2,1H3,(H,24,25). The van der Waals surface area contributed by atoms with Crippen molar-refractivity contribution in [1.82, 2.24) is 4.98 Å². The van der Waals surface area contributed by atoms with Gasteiger partial charge in [-0.25, -0.2) is 4.98 Å². The zero-order valence-electron chi connectivity index (χ0n) is 15.4. The quantitative estimate of drug-likeness (QED) is 0.450. The molecule has 144 valence electrons. The zero-order chi connectivity index (χ0) is 19.8. The molecule has 1 N–H and O–H groups in total. The Morgan fingerprint density at radius 2 is 1.89 bits per heavy atom. The smallest absolute Gasteiger partial charge is 0.303 e. The number of hydrogen-bond acceptors (Lipinski definition) is 6. The van der Waals surface area contributed by atoms with Gasteiger partial charge in [0.05, 0.1) is 6.20 Å². The molecular formula is C21H20N2O5. The third kappa shape index (κ3) is 5.20. The van der Waals surface area contributed by atoms with E-state index in [0.29, 0.717) is 29.5 Å². The molecule has 3 rings (SSSR count). The monoisotopic (exact) mass is 380 g/mol. The Labute approximate surface area is 162 Å². The number of carbonyl (C=O) groups is 1. The predicted molar refractivity (Wildman–Crippen MR) is 102 cm³/mol. The van der Waals surface area contributed by atoms with Crippen LogP contribution >= 0.6 is 0 Å². The van der Waals surface area contributed by atoms with Gasteiger partial charge in [-0.15, -0.1) is 0 Å².